The molecule has 7 heteroatoms. The summed E-state index contributed by atoms with van der Waals surface area (Å²) in [5, 5.41) is 3.79. The van der Waals surface area contributed by atoms with Crippen LogP contribution in [0.5, 0.6) is 0 Å². The maximum absolute atomic E-state index is 12.7. The van der Waals surface area contributed by atoms with Gasteiger partial charge in [0.1, 0.15) is 0 Å². The van der Waals surface area contributed by atoms with Gasteiger partial charge in [-0.05, 0) is 38.5 Å². The van der Waals surface area contributed by atoms with Crippen LogP contribution in [0, 0.1) is 0 Å². The average molecular weight is 426 g/mol. The first-order valence-electron chi connectivity index (χ1n) is 10.1. The molecule has 0 saturated heterocycles. The molecule has 0 spiro atoms. The predicted octanol–water partition coefficient (Wildman–Crippen LogP) is 4.35. The molecule has 6 nitrogen and oxygen atoms in total. The van der Waals surface area contributed by atoms with E-state index in [1.807, 2.05) is 68.4 Å². The number of nitrogens with one attached hydrogen (secondary N) is 1. The molecule has 0 bridgehead atoms. The molecule has 0 fully saturated rings. The largest absolute Gasteiger partial charge is 0.463 e. The summed E-state index contributed by atoms with van der Waals surface area (Å²) >= 11 is 1.40. The summed E-state index contributed by atoms with van der Waals surface area (Å²) < 4.78 is 7.37. The average Bonchev–Trinajstić information content (AvgIpc) is 3.09. The Balaban J connectivity index is 1.68. The Bertz CT molecular complexity index is 1000. The van der Waals surface area contributed by atoms with E-state index in [0.29, 0.717) is 0 Å². The summed E-state index contributed by atoms with van der Waals surface area (Å²) in [6.45, 7) is 6.46. The van der Waals surface area contributed by atoms with Crippen LogP contribution in [0.3, 0.4) is 0 Å². The molecule has 1 aromatic heterocycles. The van der Waals surface area contributed by atoms with Gasteiger partial charge >= 0.3 is 5.97 Å². The van der Waals surface area contributed by atoms with Crippen LogP contribution in [0.4, 0.5) is 0 Å². The molecule has 158 valence electrons. The van der Waals surface area contributed by atoms with Crippen molar-refractivity contribution >= 4 is 34.7 Å². The minimum Gasteiger partial charge on any atom is -0.463 e. The van der Waals surface area contributed by atoms with Gasteiger partial charge in [-0.2, -0.15) is 0 Å². The van der Waals surface area contributed by atoms with Gasteiger partial charge in [-0.3, -0.25) is 9.59 Å². The molecule has 1 atom stereocenters. The molecule has 0 saturated carbocycles. The van der Waals surface area contributed by atoms with Gasteiger partial charge in [0.2, 0.25) is 5.91 Å². The van der Waals surface area contributed by atoms with E-state index in [1.165, 1.54) is 11.8 Å². The van der Waals surface area contributed by atoms with Crippen LogP contribution in [0.15, 0.2) is 59.8 Å². The molecule has 0 aliphatic rings. The van der Waals surface area contributed by atoms with Crippen LogP contribution in [-0.4, -0.2) is 33.3 Å². The van der Waals surface area contributed by atoms with Crippen LogP contribution < -0.4 is 5.32 Å². The van der Waals surface area contributed by atoms with E-state index in [2.05, 4.69) is 21.8 Å². The van der Waals surface area contributed by atoms with Crippen LogP contribution in [0.2, 0.25) is 0 Å². The Labute approximate surface area is 181 Å². The molecular formula is C23H27N3O3S. The number of rotatable bonds is 9. The third kappa shape index (κ3) is 5.63. The quantitative estimate of drug-likeness (QED) is 0.408. The van der Waals surface area contributed by atoms with Gasteiger partial charge in [0.25, 0.3) is 0 Å². The van der Waals surface area contributed by atoms with Gasteiger partial charge in [-0.1, -0.05) is 54.2 Å². The maximum atomic E-state index is 12.7. The molecule has 3 aromatic rings. The molecule has 1 amide bonds. The van der Waals surface area contributed by atoms with Crippen LogP contribution in [0.25, 0.3) is 11.0 Å². The first kappa shape index (κ1) is 21.9. The van der Waals surface area contributed by atoms with Gasteiger partial charge in [-0.15, -0.1) is 0 Å². The standard InChI is InChI=1S/C23H27N3O3S/c1-4-26-20-13-9-8-12-18(20)25-23(26)30-15-21(27)24-19(14-22(28)29-16(2)3)17-10-6-5-7-11-17/h5-13,16,19H,4,14-15H2,1-3H3,(H,24,27). The van der Waals surface area contributed by atoms with Crippen molar-refractivity contribution in [2.45, 2.75) is 51.0 Å². The van der Waals surface area contributed by atoms with Crippen molar-refractivity contribution in [2.24, 2.45) is 0 Å². The van der Waals surface area contributed by atoms with E-state index in [9.17, 15) is 9.59 Å². The number of benzene rings is 2. The summed E-state index contributed by atoms with van der Waals surface area (Å²) in [5.41, 5.74) is 2.85. The van der Waals surface area contributed by atoms with Crippen LogP contribution in [0.1, 0.15) is 38.8 Å². The first-order chi connectivity index (χ1) is 14.5. The fourth-order valence-electron chi connectivity index (χ4n) is 3.25. The monoisotopic (exact) mass is 425 g/mol. The number of aryl methyl sites for hydroxylation is 1. The number of amides is 1. The number of nitrogens with zero attached hydrogens (tertiary/aromatic N) is 2. The highest BCUT2D eigenvalue weighted by atomic mass is 32.2. The van der Waals surface area contributed by atoms with Crippen molar-refractivity contribution in [1.29, 1.82) is 0 Å². The second-order valence-corrected chi connectivity index (χ2v) is 8.13. The van der Waals surface area contributed by atoms with Gasteiger partial charge in [-0.25, -0.2) is 4.98 Å². The van der Waals surface area contributed by atoms with Gasteiger partial charge < -0.3 is 14.6 Å². The molecule has 1 unspecified atom stereocenters. The van der Waals surface area contributed by atoms with Crippen LogP contribution in [-0.2, 0) is 20.9 Å². The number of aromatic nitrogens is 2. The maximum Gasteiger partial charge on any atom is 0.308 e. The van der Waals surface area contributed by atoms with Crippen molar-refractivity contribution in [3.63, 3.8) is 0 Å². The van der Waals surface area contributed by atoms with Crippen molar-refractivity contribution in [1.82, 2.24) is 14.9 Å². The lowest BCUT2D eigenvalue weighted by Crippen LogP contribution is -2.32. The van der Waals surface area contributed by atoms with Gasteiger partial charge in [0.15, 0.2) is 5.16 Å². The van der Waals surface area contributed by atoms with E-state index >= 15 is 0 Å². The third-order valence-electron chi connectivity index (χ3n) is 4.54. The lowest BCUT2D eigenvalue weighted by Gasteiger charge is -2.19. The smallest absolute Gasteiger partial charge is 0.308 e. The Morgan fingerprint density at radius 2 is 1.80 bits per heavy atom. The minimum atomic E-state index is -0.435. The van der Waals surface area contributed by atoms with Gasteiger partial charge in [0.05, 0.1) is 35.4 Å². The zero-order valence-electron chi connectivity index (χ0n) is 17.5. The minimum absolute atomic E-state index is 0.0894. The molecule has 0 aliphatic carbocycles. The van der Waals surface area contributed by atoms with E-state index in [4.69, 9.17) is 4.74 Å². The SMILES string of the molecule is CCn1c(SCC(=O)NC(CC(=O)OC(C)C)c2ccccc2)nc2ccccc21. The number of hydrogen-bond donors (Lipinski definition) is 1. The predicted molar refractivity (Wildman–Crippen MR) is 119 cm³/mol. The fourth-order valence-corrected chi connectivity index (χ4v) is 4.14. The van der Waals surface area contributed by atoms with E-state index in [-0.39, 0.29) is 30.2 Å². The second-order valence-electron chi connectivity index (χ2n) is 7.19. The highest BCUT2D eigenvalue weighted by molar-refractivity contribution is 7.99. The number of hydrogen-bond acceptors (Lipinski definition) is 5. The van der Waals surface area contributed by atoms with Crippen LogP contribution >= 0.6 is 11.8 Å². The number of thioether (sulfide) groups is 1. The zero-order valence-corrected chi connectivity index (χ0v) is 18.3. The molecule has 1 heterocycles. The number of fused-ring (bicyclic) bond motifs is 1. The fraction of sp³-hybridized carbons (Fsp3) is 0.348. The molecule has 0 radical (unpaired) electrons. The highest BCUT2D eigenvalue weighted by Crippen LogP contribution is 2.24. The molecule has 2 aromatic carbocycles. The molecule has 0 aliphatic heterocycles. The number of para-hydroxylation sites is 2. The molecular weight excluding hydrogens is 398 g/mol. The van der Waals surface area contributed by atoms with Crippen molar-refractivity contribution in [3.8, 4) is 0 Å². The number of carbonyl (C=O) groups excluding carboxylic acids is 2. The van der Waals surface area contributed by atoms with E-state index in [1.54, 1.807) is 0 Å². The molecule has 30 heavy (non-hydrogen) atoms. The molecule has 1 N–H and O–H groups in total. The summed E-state index contributed by atoms with van der Waals surface area (Å²) in [5.74, 6) is -0.271. The lowest BCUT2D eigenvalue weighted by molar-refractivity contribution is -0.148. The summed E-state index contributed by atoms with van der Waals surface area (Å²) in [6.07, 6.45) is -0.103. The van der Waals surface area contributed by atoms with E-state index in [0.717, 1.165) is 28.3 Å². The number of ether oxygens (including phenoxy) is 1. The Morgan fingerprint density at radius 1 is 1.10 bits per heavy atom. The second kappa shape index (κ2) is 10.3. The zero-order chi connectivity index (χ0) is 21.5. The topological polar surface area (TPSA) is 73.2 Å². The summed E-state index contributed by atoms with van der Waals surface area (Å²) in [4.78, 5) is 29.5. The highest BCUT2D eigenvalue weighted by Gasteiger charge is 2.20. The van der Waals surface area contributed by atoms with E-state index < -0.39 is 6.04 Å². The number of carbonyl (C=O) groups is 2. The lowest BCUT2D eigenvalue weighted by atomic mass is 10.0. The van der Waals surface area contributed by atoms with Crippen molar-refractivity contribution in [2.75, 3.05) is 5.75 Å². The summed E-state index contributed by atoms with van der Waals surface area (Å²) in [7, 11) is 0. The summed E-state index contributed by atoms with van der Waals surface area (Å²) in [6, 6.07) is 17.0. The first-order valence-corrected chi connectivity index (χ1v) is 11.1. The number of esters is 1. The van der Waals surface area contributed by atoms with Crippen molar-refractivity contribution in [3.05, 3.63) is 60.2 Å². The normalized spacial score (nSPS) is 12.1. The number of imidazole rings is 1. The molecule has 3 rings (SSSR count). The third-order valence-corrected chi connectivity index (χ3v) is 5.52. The Morgan fingerprint density at radius 3 is 2.50 bits per heavy atom. The van der Waals surface area contributed by atoms with Crippen molar-refractivity contribution < 1.29 is 14.3 Å². The Kier molecular flexibility index (Phi) is 7.52. The Hall–Kier alpha value is -2.80. The van der Waals surface area contributed by atoms with Gasteiger partial charge in [0, 0.05) is 6.54 Å².